The van der Waals surface area contributed by atoms with Gasteiger partial charge in [0.1, 0.15) is 6.04 Å². The van der Waals surface area contributed by atoms with Crippen molar-refractivity contribution in [2.45, 2.75) is 31.3 Å². The molecule has 168 valence electrons. The molecule has 0 bridgehead atoms. The SMILES string of the molecule is CSCCC(C(=O)NCC(c1ccccc1)N1CCCC1)N1C(=O)c2ccccc2C1=O. The molecule has 6 nitrogen and oxygen atoms in total. The fourth-order valence-corrected chi connectivity index (χ4v) is 5.06. The minimum Gasteiger partial charge on any atom is -0.352 e. The Morgan fingerprint density at radius 2 is 1.56 bits per heavy atom. The van der Waals surface area contributed by atoms with E-state index in [0.717, 1.165) is 36.4 Å². The second kappa shape index (κ2) is 10.3. The van der Waals surface area contributed by atoms with Crippen molar-refractivity contribution < 1.29 is 14.4 Å². The van der Waals surface area contributed by atoms with Crippen LogP contribution in [0.25, 0.3) is 0 Å². The molecule has 2 atom stereocenters. The molecule has 3 amide bonds. The average molecular weight is 452 g/mol. The molecule has 1 saturated heterocycles. The van der Waals surface area contributed by atoms with Gasteiger partial charge in [0, 0.05) is 6.54 Å². The van der Waals surface area contributed by atoms with E-state index in [1.807, 2.05) is 24.5 Å². The molecular weight excluding hydrogens is 422 g/mol. The van der Waals surface area contributed by atoms with Crippen LogP contribution in [0.3, 0.4) is 0 Å². The third-order valence-corrected chi connectivity index (χ3v) is 6.91. The fraction of sp³-hybridized carbons (Fsp3) is 0.400. The summed E-state index contributed by atoms with van der Waals surface area (Å²) < 4.78 is 0. The molecular formula is C25H29N3O3S. The van der Waals surface area contributed by atoms with Crippen molar-refractivity contribution in [3.63, 3.8) is 0 Å². The van der Waals surface area contributed by atoms with E-state index in [1.165, 1.54) is 0 Å². The van der Waals surface area contributed by atoms with Gasteiger partial charge in [0.15, 0.2) is 0 Å². The van der Waals surface area contributed by atoms with E-state index in [4.69, 9.17) is 0 Å². The zero-order valence-corrected chi connectivity index (χ0v) is 19.1. The molecule has 4 rings (SSSR count). The molecule has 2 unspecified atom stereocenters. The Hall–Kier alpha value is -2.64. The van der Waals surface area contributed by atoms with E-state index in [1.54, 1.807) is 36.0 Å². The Morgan fingerprint density at radius 1 is 0.969 bits per heavy atom. The second-order valence-electron chi connectivity index (χ2n) is 8.24. The van der Waals surface area contributed by atoms with Gasteiger partial charge in [0.25, 0.3) is 11.8 Å². The number of rotatable bonds is 9. The van der Waals surface area contributed by atoms with E-state index in [-0.39, 0.29) is 23.8 Å². The third-order valence-electron chi connectivity index (χ3n) is 6.27. The van der Waals surface area contributed by atoms with Crippen LogP contribution < -0.4 is 5.32 Å². The number of hydrogen-bond donors (Lipinski definition) is 1. The number of nitrogens with one attached hydrogen (secondary N) is 1. The largest absolute Gasteiger partial charge is 0.352 e. The molecule has 32 heavy (non-hydrogen) atoms. The number of fused-ring (bicyclic) bond motifs is 1. The first-order valence-electron chi connectivity index (χ1n) is 11.1. The van der Waals surface area contributed by atoms with Crippen LogP contribution in [0.1, 0.15) is 51.6 Å². The Morgan fingerprint density at radius 3 is 2.16 bits per heavy atom. The first kappa shape index (κ1) is 22.6. The molecule has 2 aromatic carbocycles. The minimum atomic E-state index is -0.815. The minimum absolute atomic E-state index is 0.0750. The number of benzene rings is 2. The highest BCUT2D eigenvalue weighted by atomic mass is 32.2. The van der Waals surface area contributed by atoms with Gasteiger partial charge in [-0.25, -0.2) is 0 Å². The Bertz CT molecular complexity index is 940. The van der Waals surface area contributed by atoms with Crippen LogP contribution in [0.15, 0.2) is 54.6 Å². The molecule has 1 fully saturated rings. The molecule has 2 heterocycles. The molecule has 0 spiro atoms. The van der Waals surface area contributed by atoms with Crippen LogP contribution in [0.5, 0.6) is 0 Å². The maximum absolute atomic E-state index is 13.3. The highest BCUT2D eigenvalue weighted by Crippen LogP contribution is 2.27. The van der Waals surface area contributed by atoms with E-state index in [9.17, 15) is 14.4 Å². The van der Waals surface area contributed by atoms with E-state index < -0.39 is 6.04 Å². The van der Waals surface area contributed by atoms with Crippen LogP contribution in [0.4, 0.5) is 0 Å². The maximum Gasteiger partial charge on any atom is 0.262 e. The number of hydrogen-bond acceptors (Lipinski definition) is 5. The molecule has 0 radical (unpaired) electrons. The van der Waals surface area contributed by atoms with Crippen molar-refractivity contribution in [3.8, 4) is 0 Å². The van der Waals surface area contributed by atoms with Crippen molar-refractivity contribution in [3.05, 3.63) is 71.3 Å². The summed E-state index contributed by atoms with van der Waals surface area (Å²) in [5.74, 6) is -0.356. The number of carbonyl (C=O) groups is 3. The summed E-state index contributed by atoms with van der Waals surface area (Å²) >= 11 is 1.60. The van der Waals surface area contributed by atoms with Gasteiger partial charge in [-0.3, -0.25) is 24.2 Å². The molecule has 0 aromatic heterocycles. The van der Waals surface area contributed by atoms with Crippen LogP contribution >= 0.6 is 11.8 Å². The van der Waals surface area contributed by atoms with Gasteiger partial charge < -0.3 is 5.32 Å². The van der Waals surface area contributed by atoms with Crippen LogP contribution in [0.2, 0.25) is 0 Å². The lowest BCUT2D eigenvalue weighted by molar-refractivity contribution is -0.125. The first-order valence-corrected chi connectivity index (χ1v) is 12.5. The number of thioether (sulfide) groups is 1. The van der Waals surface area contributed by atoms with Gasteiger partial charge in [-0.15, -0.1) is 0 Å². The monoisotopic (exact) mass is 451 g/mol. The van der Waals surface area contributed by atoms with Gasteiger partial charge in [-0.2, -0.15) is 11.8 Å². The average Bonchev–Trinajstić information content (AvgIpc) is 3.44. The van der Waals surface area contributed by atoms with Gasteiger partial charge in [-0.05, 0) is 62.1 Å². The number of amides is 3. The first-order chi connectivity index (χ1) is 15.6. The molecule has 1 N–H and O–H groups in total. The lowest BCUT2D eigenvalue weighted by atomic mass is 10.0. The summed E-state index contributed by atoms with van der Waals surface area (Å²) in [6, 6.07) is 16.2. The Labute approximate surface area is 193 Å². The number of imide groups is 1. The van der Waals surface area contributed by atoms with Crippen molar-refractivity contribution in [1.82, 2.24) is 15.1 Å². The van der Waals surface area contributed by atoms with Crippen molar-refractivity contribution in [2.24, 2.45) is 0 Å². The smallest absolute Gasteiger partial charge is 0.262 e. The fourth-order valence-electron chi connectivity index (χ4n) is 4.60. The lowest BCUT2D eigenvalue weighted by Gasteiger charge is -2.30. The summed E-state index contributed by atoms with van der Waals surface area (Å²) in [6.07, 6.45) is 4.69. The number of carbonyl (C=O) groups excluding carboxylic acids is 3. The van der Waals surface area contributed by atoms with E-state index in [2.05, 4.69) is 22.3 Å². The normalized spacial score (nSPS) is 18.0. The molecule has 0 aliphatic carbocycles. The predicted molar refractivity (Wildman–Crippen MR) is 127 cm³/mol. The second-order valence-corrected chi connectivity index (χ2v) is 9.22. The number of likely N-dealkylation sites (tertiary alicyclic amines) is 1. The molecule has 0 saturated carbocycles. The third kappa shape index (κ3) is 4.59. The molecule has 2 aliphatic heterocycles. The van der Waals surface area contributed by atoms with Crippen molar-refractivity contribution in [1.29, 1.82) is 0 Å². The Balaban J connectivity index is 1.52. The Kier molecular flexibility index (Phi) is 7.27. The van der Waals surface area contributed by atoms with Crippen LogP contribution in [-0.4, -0.2) is 65.2 Å². The quantitative estimate of drug-likeness (QED) is 0.592. The predicted octanol–water partition coefficient (Wildman–Crippen LogP) is 3.36. The summed E-state index contributed by atoms with van der Waals surface area (Å²) in [5, 5.41) is 3.08. The molecule has 2 aliphatic rings. The zero-order valence-electron chi connectivity index (χ0n) is 18.3. The molecule has 7 heteroatoms. The van der Waals surface area contributed by atoms with Gasteiger partial charge >= 0.3 is 0 Å². The summed E-state index contributed by atoms with van der Waals surface area (Å²) in [6.45, 7) is 2.45. The van der Waals surface area contributed by atoms with Gasteiger partial charge in [-0.1, -0.05) is 42.5 Å². The topological polar surface area (TPSA) is 69.7 Å². The summed E-state index contributed by atoms with van der Waals surface area (Å²) in [4.78, 5) is 42.9. The van der Waals surface area contributed by atoms with E-state index >= 15 is 0 Å². The summed E-state index contributed by atoms with van der Waals surface area (Å²) in [5.41, 5.74) is 1.91. The number of nitrogens with zero attached hydrogens (tertiary/aromatic N) is 2. The van der Waals surface area contributed by atoms with E-state index in [0.29, 0.717) is 29.8 Å². The maximum atomic E-state index is 13.3. The standard InChI is InChI=1S/C25H29N3O3S/c1-32-16-13-21(28-24(30)19-11-5-6-12-20(19)25(28)31)23(29)26-17-22(27-14-7-8-15-27)18-9-3-2-4-10-18/h2-6,9-12,21-22H,7-8,13-17H2,1H3,(H,26,29). The zero-order chi connectivity index (χ0) is 22.5. The highest BCUT2D eigenvalue weighted by Gasteiger charge is 2.42. The highest BCUT2D eigenvalue weighted by molar-refractivity contribution is 7.98. The van der Waals surface area contributed by atoms with Gasteiger partial charge in [0.2, 0.25) is 5.91 Å². The van der Waals surface area contributed by atoms with Crippen molar-refractivity contribution >= 4 is 29.5 Å². The molecule has 2 aromatic rings. The lowest BCUT2D eigenvalue weighted by Crippen LogP contribution is -2.51. The summed E-state index contributed by atoms with van der Waals surface area (Å²) in [7, 11) is 0. The van der Waals surface area contributed by atoms with Gasteiger partial charge in [0.05, 0.1) is 17.2 Å². The van der Waals surface area contributed by atoms with Crippen LogP contribution in [-0.2, 0) is 4.79 Å². The van der Waals surface area contributed by atoms with Crippen LogP contribution in [0, 0.1) is 0 Å². The van der Waals surface area contributed by atoms with Crippen molar-refractivity contribution in [2.75, 3.05) is 31.6 Å².